The van der Waals surface area contributed by atoms with Gasteiger partial charge in [0.1, 0.15) is 5.75 Å². The van der Waals surface area contributed by atoms with Crippen LogP contribution in [0.1, 0.15) is 11.1 Å². The molecule has 0 heterocycles. The van der Waals surface area contributed by atoms with Crippen molar-refractivity contribution in [3.05, 3.63) is 76.8 Å². The lowest BCUT2D eigenvalue weighted by Crippen LogP contribution is -1.85. The summed E-state index contributed by atoms with van der Waals surface area (Å²) in [5.74, 6) is 0.724. The van der Waals surface area contributed by atoms with Crippen LogP contribution in [0.25, 0.3) is 12.2 Å². The lowest BCUT2D eigenvalue weighted by molar-refractivity contribution is -0.110. The molecule has 3 heteroatoms. The number of ketones is 1. The van der Waals surface area contributed by atoms with Crippen LogP contribution in [0.2, 0.25) is 5.02 Å². The van der Waals surface area contributed by atoms with Crippen LogP contribution < -0.4 is 4.74 Å². The van der Waals surface area contributed by atoms with Gasteiger partial charge in [0.05, 0.1) is 7.11 Å². The van der Waals surface area contributed by atoms with Crippen LogP contribution in [0.4, 0.5) is 0 Å². The van der Waals surface area contributed by atoms with Crippen LogP contribution >= 0.6 is 11.6 Å². The average Bonchev–Trinajstić information content (AvgIpc) is 2.53. The molecular formula is C18H15ClO2. The Morgan fingerprint density at radius 3 is 1.86 bits per heavy atom. The van der Waals surface area contributed by atoms with Crippen LogP contribution in [0.15, 0.2) is 60.7 Å². The van der Waals surface area contributed by atoms with Crippen molar-refractivity contribution in [3.8, 4) is 5.75 Å². The summed E-state index contributed by atoms with van der Waals surface area (Å²) in [5.41, 5.74) is 1.88. The third kappa shape index (κ3) is 4.93. The average molecular weight is 299 g/mol. The predicted octanol–water partition coefficient (Wildman–Crippen LogP) is 4.64. The third-order valence-electron chi connectivity index (χ3n) is 2.87. The number of halogens is 1. The van der Waals surface area contributed by atoms with Gasteiger partial charge >= 0.3 is 0 Å². The molecule has 0 amide bonds. The van der Waals surface area contributed by atoms with E-state index in [4.69, 9.17) is 16.3 Å². The number of benzene rings is 2. The summed E-state index contributed by atoms with van der Waals surface area (Å²) in [7, 11) is 1.62. The molecule has 2 nitrogen and oxygen atoms in total. The maximum atomic E-state index is 11.8. The fourth-order valence-electron chi connectivity index (χ4n) is 1.70. The molecule has 2 aromatic rings. The van der Waals surface area contributed by atoms with Crippen molar-refractivity contribution in [2.75, 3.05) is 7.11 Å². The summed E-state index contributed by atoms with van der Waals surface area (Å²) >= 11 is 5.80. The first-order chi connectivity index (χ1) is 10.2. The van der Waals surface area contributed by atoms with Gasteiger partial charge in [-0.25, -0.2) is 0 Å². The Bertz CT molecular complexity index is 653. The molecule has 0 spiro atoms. The lowest BCUT2D eigenvalue weighted by atomic mass is 10.1. The van der Waals surface area contributed by atoms with E-state index in [2.05, 4.69) is 0 Å². The maximum Gasteiger partial charge on any atom is 0.178 e. The smallest absolute Gasteiger partial charge is 0.178 e. The summed E-state index contributed by atoms with van der Waals surface area (Å²) < 4.78 is 5.08. The number of ether oxygens (including phenoxy) is 1. The quantitative estimate of drug-likeness (QED) is 0.751. The van der Waals surface area contributed by atoms with Gasteiger partial charge in [-0.05, 0) is 47.5 Å². The van der Waals surface area contributed by atoms with Gasteiger partial charge in [0.15, 0.2) is 5.78 Å². The highest BCUT2D eigenvalue weighted by molar-refractivity contribution is 6.30. The molecule has 0 radical (unpaired) electrons. The Morgan fingerprint density at radius 1 is 0.905 bits per heavy atom. The number of allylic oxidation sites excluding steroid dienone is 2. The number of carbonyl (C=O) groups is 1. The first-order valence-corrected chi connectivity index (χ1v) is 6.85. The zero-order valence-electron chi connectivity index (χ0n) is 11.6. The van der Waals surface area contributed by atoms with E-state index < -0.39 is 0 Å². The summed E-state index contributed by atoms with van der Waals surface area (Å²) in [6, 6.07) is 14.8. The molecule has 0 aliphatic rings. The summed E-state index contributed by atoms with van der Waals surface area (Å²) in [6.07, 6.45) is 6.60. The largest absolute Gasteiger partial charge is 0.497 e. The number of methoxy groups -OCH3 is 1. The molecule has 0 saturated heterocycles. The van der Waals surface area contributed by atoms with Gasteiger partial charge in [-0.2, -0.15) is 0 Å². The van der Waals surface area contributed by atoms with Gasteiger partial charge in [0, 0.05) is 5.02 Å². The van der Waals surface area contributed by atoms with Gasteiger partial charge in [0.2, 0.25) is 0 Å². The molecule has 0 bridgehead atoms. The van der Waals surface area contributed by atoms with E-state index in [1.165, 1.54) is 12.2 Å². The summed E-state index contributed by atoms with van der Waals surface area (Å²) in [5, 5.41) is 0.679. The fraction of sp³-hybridized carbons (Fsp3) is 0.0556. The predicted molar refractivity (Wildman–Crippen MR) is 87.5 cm³/mol. The van der Waals surface area contributed by atoms with Crippen molar-refractivity contribution in [1.82, 2.24) is 0 Å². The topological polar surface area (TPSA) is 26.3 Å². The van der Waals surface area contributed by atoms with Crippen molar-refractivity contribution in [2.24, 2.45) is 0 Å². The van der Waals surface area contributed by atoms with Gasteiger partial charge in [-0.15, -0.1) is 0 Å². The van der Waals surface area contributed by atoms with Crippen molar-refractivity contribution in [1.29, 1.82) is 0 Å². The van der Waals surface area contributed by atoms with Crippen molar-refractivity contribution < 1.29 is 9.53 Å². The zero-order valence-corrected chi connectivity index (χ0v) is 12.4. The molecule has 0 atom stereocenters. The first-order valence-electron chi connectivity index (χ1n) is 6.47. The number of hydrogen-bond acceptors (Lipinski definition) is 2. The molecule has 0 aromatic heterocycles. The second kappa shape index (κ2) is 7.46. The second-order valence-electron chi connectivity index (χ2n) is 4.39. The van der Waals surface area contributed by atoms with E-state index >= 15 is 0 Å². The summed E-state index contributed by atoms with van der Waals surface area (Å²) in [6.45, 7) is 0. The highest BCUT2D eigenvalue weighted by Crippen LogP contribution is 2.13. The van der Waals surface area contributed by atoms with Gasteiger partial charge in [0.25, 0.3) is 0 Å². The van der Waals surface area contributed by atoms with Crippen LogP contribution in [-0.4, -0.2) is 12.9 Å². The van der Waals surface area contributed by atoms with Gasteiger partial charge in [-0.3, -0.25) is 4.79 Å². The van der Waals surface area contributed by atoms with Crippen molar-refractivity contribution in [2.45, 2.75) is 0 Å². The Kier molecular flexibility index (Phi) is 5.35. The molecular weight excluding hydrogens is 284 g/mol. The van der Waals surface area contributed by atoms with Crippen LogP contribution in [0, 0.1) is 0 Å². The zero-order chi connectivity index (χ0) is 15.1. The highest BCUT2D eigenvalue weighted by atomic mass is 35.5. The van der Waals surface area contributed by atoms with Crippen molar-refractivity contribution >= 4 is 29.5 Å². The van der Waals surface area contributed by atoms with E-state index in [0.29, 0.717) is 5.02 Å². The van der Waals surface area contributed by atoms with E-state index in [9.17, 15) is 4.79 Å². The molecule has 0 saturated carbocycles. The molecule has 0 fully saturated rings. The SMILES string of the molecule is COc1ccc(C=CC(=O)C=Cc2ccc(Cl)cc2)cc1. The van der Waals surface area contributed by atoms with E-state index in [1.807, 2.05) is 36.4 Å². The second-order valence-corrected chi connectivity index (χ2v) is 4.83. The Balaban J connectivity index is 1.96. The minimum absolute atomic E-state index is 0.0687. The molecule has 0 aliphatic heterocycles. The lowest BCUT2D eigenvalue weighted by Gasteiger charge is -1.98. The molecule has 0 aliphatic carbocycles. The Morgan fingerprint density at radius 2 is 1.38 bits per heavy atom. The first kappa shape index (κ1) is 15.1. The van der Waals surface area contributed by atoms with E-state index in [1.54, 1.807) is 31.4 Å². The Hall–Kier alpha value is -2.32. The molecule has 106 valence electrons. The van der Waals surface area contributed by atoms with Crippen LogP contribution in [-0.2, 0) is 4.79 Å². The normalized spacial score (nSPS) is 11.1. The van der Waals surface area contributed by atoms with Crippen molar-refractivity contribution in [3.63, 3.8) is 0 Å². The third-order valence-corrected chi connectivity index (χ3v) is 3.12. The van der Waals surface area contributed by atoms with E-state index in [-0.39, 0.29) is 5.78 Å². The molecule has 2 rings (SSSR count). The molecule has 2 aromatic carbocycles. The van der Waals surface area contributed by atoms with Crippen LogP contribution in [0.3, 0.4) is 0 Å². The van der Waals surface area contributed by atoms with E-state index in [0.717, 1.165) is 16.9 Å². The standard InChI is InChI=1S/C18H15ClO2/c1-21-18-12-6-15(7-13-18)5-11-17(20)10-4-14-2-8-16(19)9-3-14/h2-13H,1H3. The maximum absolute atomic E-state index is 11.8. The summed E-state index contributed by atoms with van der Waals surface area (Å²) in [4.78, 5) is 11.8. The minimum Gasteiger partial charge on any atom is -0.497 e. The number of rotatable bonds is 5. The number of hydrogen-bond donors (Lipinski definition) is 0. The van der Waals surface area contributed by atoms with Crippen LogP contribution in [0.5, 0.6) is 5.75 Å². The highest BCUT2D eigenvalue weighted by Gasteiger charge is 1.93. The number of carbonyl (C=O) groups excluding carboxylic acids is 1. The monoisotopic (exact) mass is 298 g/mol. The molecule has 0 unspecified atom stereocenters. The molecule has 0 N–H and O–H groups in total. The fourth-order valence-corrected chi connectivity index (χ4v) is 1.83. The van der Waals surface area contributed by atoms with Gasteiger partial charge < -0.3 is 4.74 Å². The molecule has 21 heavy (non-hydrogen) atoms. The Labute approximate surface area is 129 Å². The van der Waals surface area contributed by atoms with Gasteiger partial charge in [-0.1, -0.05) is 48.0 Å². The minimum atomic E-state index is -0.0687.